The highest BCUT2D eigenvalue weighted by molar-refractivity contribution is 5.90. The Morgan fingerprint density at radius 2 is 1.77 bits per heavy atom. The first-order valence-electron chi connectivity index (χ1n) is 13.0. The lowest BCUT2D eigenvalue weighted by Gasteiger charge is -2.50. The number of benzene rings is 2. The Hall–Kier alpha value is -3.60. The fourth-order valence-corrected chi connectivity index (χ4v) is 6.00. The molecule has 2 N–H and O–H groups in total. The number of nitrogens with one attached hydrogen (secondary N) is 2. The number of nitrogens with zero attached hydrogens (tertiary/aromatic N) is 2. The lowest BCUT2D eigenvalue weighted by atomic mass is 9.74. The van der Waals surface area contributed by atoms with Crippen molar-refractivity contribution >= 4 is 22.6 Å². The molecule has 0 saturated carbocycles. The second kappa shape index (κ2) is 10.8. The third-order valence-electron chi connectivity index (χ3n) is 7.95. The van der Waals surface area contributed by atoms with Crippen LogP contribution < -0.4 is 10.6 Å². The van der Waals surface area contributed by atoms with E-state index in [0.717, 1.165) is 36.9 Å². The number of carbonyl (C=O) groups is 1. The zero-order valence-electron chi connectivity index (χ0n) is 21.4. The molecule has 5 nitrogen and oxygen atoms in total. The molecule has 1 aromatic heterocycles. The second-order valence-electron chi connectivity index (χ2n) is 10.4. The summed E-state index contributed by atoms with van der Waals surface area (Å²) in [5, 5.41) is 5.84. The van der Waals surface area contributed by atoms with Gasteiger partial charge in [-0.3, -0.25) is 9.88 Å². The molecule has 2 amide bonds. The van der Waals surface area contributed by atoms with Crippen LogP contribution in [-0.2, 0) is 12.4 Å². The molecule has 11 heteroatoms. The lowest BCUT2D eigenvalue weighted by molar-refractivity contribution is -0.143. The molecule has 4 unspecified atom stereocenters. The van der Waals surface area contributed by atoms with Crippen LogP contribution in [0.5, 0.6) is 0 Å². The topological polar surface area (TPSA) is 57.3 Å². The number of pyridine rings is 1. The fraction of sp³-hybridized carbons (Fsp3) is 0.379. The van der Waals surface area contributed by atoms with E-state index in [2.05, 4.69) is 27.1 Å². The molecule has 212 valence electrons. The molecule has 0 aliphatic carbocycles. The number of amides is 2. The van der Waals surface area contributed by atoms with Crippen LogP contribution >= 0.6 is 0 Å². The number of piperidine rings is 3. The lowest BCUT2D eigenvalue weighted by Crippen LogP contribution is -2.53. The molecule has 3 aliphatic rings. The van der Waals surface area contributed by atoms with E-state index >= 15 is 0 Å². The van der Waals surface area contributed by atoms with Crippen molar-refractivity contribution < 1.29 is 31.1 Å². The highest BCUT2D eigenvalue weighted by Gasteiger charge is 2.40. The van der Waals surface area contributed by atoms with Gasteiger partial charge in [0, 0.05) is 29.9 Å². The Morgan fingerprint density at radius 1 is 1.07 bits per heavy atom. The minimum atomic E-state index is -5.02. The zero-order chi connectivity index (χ0) is 28.7. The molecule has 2 aromatic carbocycles. The van der Waals surface area contributed by atoms with E-state index in [0.29, 0.717) is 35.9 Å². The highest BCUT2D eigenvalue weighted by Crippen LogP contribution is 2.41. The highest BCUT2D eigenvalue weighted by atomic mass is 19.4. The monoisotopic (exact) mass is 562 g/mol. The first-order chi connectivity index (χ1) is 18.9. The standard InChI is InChI=1S/C29H28F6N4O/c1-2-17-16-39-10-8-18(17)11-22(39)15-26(24-7-9-36-25-6-4-3-5-23(24)25)38-27(40)37-21-13-19(28(30,31)32)12-20(14-21)29(33,34)35/h2-7,9,12-14,17-18,22,26H,1,8,10-11,15-16H2,(H2,37,38,40)/t17?,18?,22?,26-/m1/s1. The maximum absolute atomic E-state index is 13.3. The van der Waals surface area contributed by atoms with E-state index in [1.165, 1.54) is 0 Å². The fourth-order valence-electron chi connectivity index (χ4n) is 6.00. The molecule has 6 rings (SSSR count). The first-order valence-corrected chi connectivity index (χ1v) is 13.0. The first kappa shape index (κ1) is 27.9. The molecular formula is C29H28F6N4O. The Labute approximate surface area is 227 Å². The molecule has 4 heterocycles. The number of aromatic nitrogens is 1. The second-order valence-corrected chi connectivity index (χ2v) is 10.4. The van der Waals surface area contributed by atoms with Gasteiger partial charge in [-0.25, -0.2) is 4.79 Å². The van der Waals surface area contributed by atoms with Gasteiger partial charge in [0.2, 0.25) is 0 Å². The summed E-state index contributed by atoms with van der Waals surface area (Å²) in [5.41, 5.74) is -2.14. The number of alkyl halides is 6. The van der Waals surface area contributed by atoms with Crippen molar-refractivity contribution in [1.29, 1.82) is 0 Å². The number of carbonyl (C=O) groups excluding carboxylic acids is 1. The van der Waals surface area contributed by atoms with Crippen molar-refractivity contribution in [3.05, 3.63) is 84.1 Å². The van der Waals surface area contributed by atoms with Crippen LogP contribution in [0.15, 0.2) is 67.4 Å². The summed E-state index contributed by atoms with van der Waals surface area (Å²) in [6.45, 7) is 5.73. The number of fused-ring (bicyclic) bond motifs is 4. The van der Waals surface area contributed by atoms with Crippen LogP contribution in [0.4, 0.5) is 36.8 Å². The molecule has 40 heavy (non-hydrogen) atoms. The molecule has 3 fully saturated rings. The summed E-state index contributed by atoms with van der Waals surface area (Å²) < 4.78 is 80.0. The van der Waals surface area contributed by atoms with Crippen LogP contribution in [0.2, 0.25) is 0 Å². The number of urea groups is 1. The van der Waals surface area contributed by atoms with Crippen molar-refractivity contribution in [2.24, 2.45) is 11.8 Å². The van der Waals surface area contributed by atoms with Gasteiger partial charge in [0.1, 0.15) is 0 Å². The summed E-state index contributed by atoms with van der Waals surface area (Å²) in [7, 11) is 0. The summed E-state index contributed by atoms with van der Waals surface area (Å²) in [6, 6.07) is 8.82. The van der Waals surface area contributed by atoms with E-state index in [-0.39, 0.29) is 12.1 Å². The Morgan fingerprint density at radius 3 is 2.40 bits per heavy atom. The minimum absolute atomic E-state index is 0.0259. The third-order valence-corrected chi connectivity index (χ3v) is 7.95. The summed E-state index contributed by atoms with van der Waals surface area (Å²) >= 11 is 0. The smallest absolute Gasteiger partial charge is 0.331 e. The Balaban J connectivity index is 1.43. The Bertz CT molecular complexity index is 1370. The van der Waals surface area contributed by atoms with Crippen molar-refractivity contribution in [3.63, 3.8) is 0 Å². The predicted molar refractivity (Wildman–Crippen MR) is 139 cm³/mol. The van der Waals surface area contributed by atoms with Gasteiger partial charge in [-0.05, 0) is 73.5 Å². The summed E-state index contributed by atoms with van der Waals surface area (Å²) in [6.07, 6.45) is -3.97. The van der Waals surface area contributed by atoms with Crippen molar-refractivity contribution in [1.82, 2.24) is 15.2 Å². The van der Waals surface area contributed by atoms with Gasteiger partial charge in [0.15, 0.2) is 0 Å². The van der Waals surface area contributed by atoms with E-state index in [4.69, 9.17) is 0 Å². The van der Waals surface area contributed by atoms with Crippen LogP contribution in [0.3, 0.4) is 0 Å². The Kier molecular flexibility index (Phi) is 7.52. The van der Waals surface area contributed by atoms with E-state index in [9.17, 15) is 31.1 Å². The molecule has 5 atom stereocenters. The van der Waals surface area contributed by atoms with E-state index in [1.807, 2.05) is 30.3 Å². The van der Waals surface area contributed by atoms with Crippen LogP contribution in [0.1, 0.15) is 42.0 Å². The maximum Gasteiger partial charge on any atom is 0.416 e. The van der Waals surface area contributed by atoms with Crippen LogP contribution in [0, 0.1) is 11.8 Å². The SMILES string of the molecule is C=CC1CN2CCC1CC2C[C@@H](NC(=O)Nc1cc(C(F)(F)F)cc(C(F)(F)F)c1)c1ccnc2ccccc12. The summed E-state index contributed by atoms with van der Waals surface area (Å²) in [4.78, 5) is 19.9. The van der Waals surface area contributed by atoms with Gasteiger partial charge >= 0.3 is 18.4 Å². The largest absolute Gasteiger partial charge is 0.416 e. The average Bonchev–Trinajstić information content (AvgIpc) is 2.91. The summed E-state index contributed by atoms with van der Waals surface area (Å²) in [5.74, 6) is 0.868. The number of anilines is 1. The number of para-hydroxylation sites is 1. The van der Waals surface area contributed by atoms with Crippen molar-refractivity contribution in [3.8, 4) is 0 Å². The quantitative estimate of drug-likeness (QED) is 0.243. The van der Waals surface area contributed by atoms with Gasteiger partial charge < -0.3 is 10.6 Å². The number of hydrogen-bond acceptors (Lipinski definition) is 3. The predicted octanol–water partition coefficient (Wildman–Crippen LogP) is 7.42. The van der Waals surface area contributed by atoms with Crippen molar-refractivity contribution in [2.45, 2.75) is 43.7 Å². The third kappa shape index (κ3) is 5.94. The van der Waals surface area contributed by atoms with Gasteiger partial charge in [0.25, 0.3) is 0 Å². The number of hydrogen-bond donors (Lipinski definition) is 2. The van der Waals surface area contributed by atoms with E-state index < -0.39 is 41.2 Å². The number of rotatable bonds is 6. The maximum atomic E-state index is 13.3. The molecule has 0 radical (unpaired) electrons. The molecular weight excluding hydrogens is 534 g/mol. The van der Waals surface area contributed by atoms with Crippen LogP contribution in [-0.4, -0.2) is 35.0 Å². The minimum Gasteiger partial charge on any atom is -0.331 e. The molecule has 3 saturated heterocycles. The van der Waals surface area contributed by atoms with Gasteiger partial charge in [-0.1, -0.05) is 24.3 Å². The van der Waals surface area contributed by atoms with Gasteiger partial charge in [0.05, 0.1) is 22.7 Å². The normalized spacial score (nSPS) is 23.6. The molecule has 3 aromatic rings. The van der Waals surface area contributed by atoms with E-state index in [1.54, 1.807) is 12.3 Å². The average molecular weight is 563 g/mol. The molecule has 0 spiro atoms. The number of halogens is 6. The zero-order valence-corrected chi connectivity index (χ0v) is 21.4. The van der Waals surface area contributed by atoms with Gasteiger partial charge in [-0.2, -0.15) is 26.3 Å². The molecule has 3 aliphatic heterocycles. The van der Waals surface area contributed by atoms with Crippen molar-refractivity contribution in [2.75, 3.05) is 18.4 Å². The molecule has 2 bridgehead atoms. The van der Waals surface area contributed by atoms with Gasteiger partial charge in [-0.15, -0.1) is 6.58 Å². The van der Waals surface area contributed by atoms with Crippen LogP contribution in [0.25, 0.3) is 10.9 Å².